The molecule has 140 valence electrons. The summed E-state index contributed by atoms with van der Waals surface area (Å²) in [6.45, 7) is 1.21. The average molecular weight is 357 g/mol. The Kier molecular flexibility index (Phi) is 5.93. The van der Waals surface area contributed by atoms with Crippen molar-refractivity contribution in [1.29, 1.82) is 0 Å². The van der Waals surface area contributed by atoms with Gasteiger partial charge in [-0.25, -0.2) is 0 Å². The van der Waals surface area contributed by atoms with Crippen LogP contribution in [-0.2, 0) is 22.4 Å². The van der Waals surface area contributed by atoms with Gasteiger partial charge in [-0.05, 0) is 55.9 Å². The highest BCUT2D eigenvalue weighted by molar-refractivity contribution is 6.00. The molecular weight excluding hydrogens is 330 g/mol. The Balaban J connectivity index is 1.66. The minimum absolute atomic E-state index is 0.0507. The topological polar surface area (TPSA) is 74.4 Å². The van der Waals surface area contributed by atoms with Crippen LogP contribution in [0.2, 0.25) is 0 Å². The maximum Gasteiger partial charge on any atom is 0.254 e. The first kappa shape index (κ1) is 18.5. The predicted octanol–water partition coefficient (Wildman–Crippen LogP) is 2.27. The largest absolute Gasteiger partial charge is 0.385 e. The molecule has 0 radical (unpaired) electrons. The molecule has 6 nitrogen and oxygen atoms in total. The van der Waals surface area contributed by atoms with E-state index in [9.17, 15) is 9.59 Å². The van der Waals surface area contributed by atoms with Crippen LogP contribution in [0.4, 0.5) is 0 Å². The second-order valence-electron chi connectivity index (χ2n) is 6.91. The number of aryl methyl sites for hydroxylation is 2. The van der Waals surface area contributed by atoms with Crippen LogP contribution in [0, 0.1) is 0 Å². The van der Waals surface area contributed by atoms with Gasteiger partial charge in [0.25, 0.3) is 5.91 Å². The van der Waals surface area contributed by atoms with E-state index in [2.05, 4.69) is 10.3 Å². The van der Waals surface area contributed by atoms with Crippen LogP contribution in [0.5, 0.6) is 0 Å². The zero-order valence-electron chi connectivity index (χ0n) is 15.6. The van der Waals surface area contributed by atoms with Crippen LogP contribution in [0.25, 0.3) is 10.9 Å². The van der Waals surface area contributed by atoms with E-state index in [0.717, 1.165) is 30.2 Å². The summed E-state index contributed by atoms with van der Waals surface area (Å²) in [7, 11) is 3.29. The van der Waals surface area contributed by atoms with Gasteiger partial charge in [0.15, 0.2) is 0 Å². The minimum Gasteiger partial charge on any atom is -0.385 e. The number of H-pyrrole nitrogens is 1. The van der Waals surface area contributed by atoms with Gasteiger partial charge in [-0.3, -0.25) is 9.59 Å². The molecule has 1 aliphatic rings. The zero-order valence-corrected chi connectivity index (χ0v) is 15.6. The summed E-state index contributed by atoms with van der Waals surface area (Å²) in [6, 6.07) is 5.77. The Labute approximate surface area is 153 Å². The molecule has 0 saturated carbocycles. The number of carbonyl (C=O) groups excluding carboxylic acids is 2. The lowest BCUT2D eigenvalue weighted by molar-refractivity contribution is -0.121. The van der Waals surface area contributed by atoms with Gasteiger partial charge in [0.1, 0.15) is 0 Å². The highest BCUT2D eigenvalue weighted by atomic mass is 16.5. The van der Waals surface area contributed by atoms with Crippen molar-refractivity contribution in [2.24, 2.45) is 0 Å². The molecule has 6 heteroatoms. The highest BCUT2D eigenvalue weighted by Gasteiger charge is 2.19. The third-order valence-corrected chi connectivity index (χ3v) is 4.92. The molecule has 2 amide bonds. The van der Waals surface area contributed by atoms with Gasteiger partial charge in [-0.1, -0.05) is 0 Å². The maximum atomic E-state index is 12.7. The number of methoxy groups -OCH3 is 1. The molecule has 0 unspecified atom stereocenters. The van der Waals surface area contributed by atoms with E-state index in [-0.39, 0.29) is 18.4 Å². The predicted molar refractivity (Wildman–Crippen MR) is 101 cm³/mol. The monoisotopic (exact) mass is 357 g/mol. The van der Waals surface area contributed by atoms with Gasteiger partial charge in [0.05, 0.1) is 6.54 Å². The third-order valence-electron chi connectivity index (χ3n) is 4.92. The number of nitrogens with one attached hydrogen (secondary N) is 2. The summed E-state index contributed by atoms with van der Waals surface area (Å²) in [6.07, 6.45) is 5.31. The molecule has 1 aromatic heterocycles. The van der Waals surface area contributed by atoms with Crippen LogP contribution in [0.15, 0.2) is 18.2 Å². The third kappa shape index (κ3) is 4.07. The Morgan fingerprint density at radius 1 is 1.27 bits per heavy atom. The number of benzene rings is 1. The van der Waals surface area contributed by atoms with E-state index in [4.69, 9.17) is 4.74 Å². The number of hydrogen-bond acceptors (Lipinski definition) is 3. The molecule has 2 aromatic rings. The Morgan fingerprint density at radius 2 is 2.08 bits per heavy atom. The van der Waals surface area contributed by atoms with Gasteiger partial charge >= 0.3 is 0 Å². The lowest BCUT2D eigenvalue weighted by atomic mass is 9.95. The number of likely N-dealkylation sites (N-methyl/N-ethyl adjacent to an activating group) is 1. The van der Waals surface area contributed by atoms with Crippen LogP contribution in [0.1, 0.15) is 40.9 Å². The van der Waals surface area contributed by atoms with Crippen molar-refractivity contribution in [2.45, 2.75) is 32.1 Å². The molecule has 0 aliphatic heterocycles. The lowest BCUT2D eigenvalue weighted by Crippen LogP contribution is -2.38. The van der Waals surface area contributed by atoms with Gasteiger partial charge in [-0.15, -0.1) is 0 Å². The van der Waals surface area contributed by atoms with Crippen molar-refractivity contribution < 1.29 is 14.3 Å². The van der Waals surface area contributed by atoms with Crippen LogP contribution in [0.3, 0.4) is 0 Å². The van der Waals surface area contributed by atoms with Crippen LogP contribution < -0.4 is 5.32 Å². The van der Waals surface area contributed by atoms with E-state index in [1.54, 1.807) is 14.2 Å². The zero-order chi connectivity index (χ0) is 18.5. The van der Waals surface area contributed by atoms with E-state index >= 15 is 0 Å². The van der Waals surface area contributed by atoms with Crippen LogP contribution >= 0.6 is 0 Å². The fourth-order valence-corrected chi connectivity index (χ4v) is 3.55. The fourth-order valence-electron chi connectivity index (χ4n) is 3.55. The Morgan fingerprint density at radius 3 is 2.88 bits per heavy atom. The van der Waals surface area contributed by atoms with E-state index in [1.165, 1.54) is 29.0 Å². The maximum absolute atomic E-state index is 12.7. The molecule has 3 rings (SSSR count). The molecule has 0 fully saturated rings. The van der Waals surface area contributed by atoms with Gasteiger partial charge in [0.2, 0.25) is 5.91 Å². The number of aromatic nitrogens is 1. The van der Waals surface area contributed by atoms with Gasteiger partial charge < -0.3 is 19.9 Å². The van der Waals surface area contributed by atoms with Crippen molar-refractivity contribution >= 4 is 22.7 Å². The smallest absolute Gasteiger partial charge is 0.254 e. The summed E-state index contributed by atoms with van der Waals surface area (Å²) >= 11 is 0. The van der Waals surface area contributed by atoms with Crippen molar-refractivity contribution in [3.63, 3.8) is 0 Å². The molecule has 0 saturated heterocycles. The summed E-state index contributed by atoms with van der Waals surface area (Å²) in [5.41, 5.74) is 4.37. The number of fused-ring (bicyclic) bond motifs is 3. The van der Waals surface area contributed by atoms with Gasteiger partial charge in [0, 0.05) is 49.5 Å². The lowest BCUT2D eigenvalue weighted by Gasteiger charge is -2.17. The first-order valence-electron chi connectivity index (χ1n) is 9.24. The van der Waals surface area contributed by atoms with Gasteiger partial charge in [-0.2, -0.15) is 0 Å². The van der Waals surface area contributed by atoms with E-state index in [0.29, 0.717) is 18.7 Å². The number of nitrogens with zero attached hydrogens (tertiary/aromatic N) is 1. The SMILES string of the molecule is COCCCNC(=O)CN(C)C(=O)c1ccc2[nH]c3c(c2c1)CCCC3. The number of aromatic amines is 1. The molecule has 1 aromatic carbocycles. The average Bonchev–Trinajstić information content (AvgIpc) is 3.02. The second kappa shape index (κ2) is 8.36. The highest BCUT2D eigenvalue weighted by Crippen LogP contribution is 2.29. The summed E-state index contributed by atoms with van der Waals surface area (Å²) in [4.78, 5) is 29.6. The number of hydrogen-bond donors (Lipinski definition) is 2. The molecule has 0 spiro atoms. The quantitative estimate of drug-likeness (QED) is 0.747. The molecular formula is C20H27N3O3. The fraction of sp³-hybridized carbons (Fsp3) is 0.500. The summed E-state index contributed by atoms with van der Waals surface area (Å²) in [5.74, 6) is -0.290. The standard InChI is InChI=1S/C20H27N3O3/c1-23(13-19(24)21-10-5-11-26-2)20(25)14-8-9-18-16(12-14)15-6-3-4-7-17(15)22-18/h8-9,12,22H,3-7,10-11,13H2,1-2H3,(H,21,24). The van der Waals surface area contributed by atoms with E-state index in [1.807, 2.05) is 18.2 Å². The Hall–Kier alpha value is -2.34. The summed E-state index contributed by atoms with van der Waals surface area (Å²) in [5, 5.41) is 3.94. The van der Waals surface area contributed by atoms with Crippen LogP contribution in [-0.4, -0.2) is 55.6 Å². The normalized spacial score (nSPS) is 13.5. The molecule has 0 bridgehead atoms. The van der Waals surface area contributed by atoms with E-state index < -0.39 is 0 Å². The molecule has 1 aliphatic carbocycles. The first-order valence-corrected chi connectivity index (χ1v) is 9.24. The second-order valence-corrected chi connectivity index (χ2v) is 6.91. The molecule has 1 heterocycles. The number of rotatable bonds is 7. The van der Waals surface area contributed by atoms with Crippen molar-refractivity contribution in [1.82, 2.24) is 15.2 Å². The molecule has 2 N–H and O–H groups in total. The minimum atomic E-state index is -0.156. The van der Waals surface area contributed by atoms with Crippen molar-refractivity contribution in [3.05, 3.63) is 35.0 Å². The van der Waals surface area contributed by atoms with Crippen molar-refractivity contribution in [3.8, 4) is 0 Å². The first-order chi connectivity index (χ1) is 12.6. The number of carbonyl (C=O) groups is 2. The van der Waals surface area contributed by atoms with Crippen molar-refractivity contribution in [2.75, 3.05) is 33.9 Å². The molecule has 26 heavy (non-hydrogen) atoms. The number of amides is 2. The molecule has 0 atom stereocenters. The Bertz CT molecular complexity index is 797. The summed E-state index contributed by atoms with van der Waals surface area (Å²) < 4.78 is 4.95. The number of ether oxygens (including phenoxy) is 1.